The van der Waals surface area contributed by atoms with Crippen molar-refractivity contribution >= 4 is 11.4 Å². The molecular weight excluding hydrogens is 182 g/mol. The highest BCUT2D eigenvalue weighted by molar-refractivity contribution is 5.62. The number of anilines is 2. The van der Waals surface area contributed by atoms with Crippen molar-refractivity contribution in [3.8, 4) is 0 Å². The summed E-state index contributed by atoms with van der Waals surface area (Å²) in [6, 6.07) is 18.9. The molecule has 0 unspecified atom stereocenters. The van der Waals surface area contributed by atoms with E-state index in [2.05, 4.69) is 67.4 Å². The molecule has 2 rings (SSSR count). The Labute approximate surface area is 91.0 Å². The minimum absolute atomic E-state index is 1.21. The summed E-state index contributed by atoms with van der Waals surface area (Å²) in [5, 5.41) is 0. The van der Waals surface area contributed by atoms with Gasteiger partial charge in [-0.15, -0.1) is 0 Å². The first-order valence-corrected chi connectivity index (χ1v) is 5.13. The number of para-hydroxylation sites is 1. The second-order valence-corrected chi connectivity index (χ2v) is 3.73. The van der Waals surface area contributed by atoms with E-state index in [0.29, 0.717) is 0 Å². The highest BCUT2D eigenvalue weighted by Crippen LogP contribution is 2.23. The molecule has 76 valence electrons. The van der Waals surface area contributed by atoms with Gasteiger partial charge in [0.25, 0.3) is 0 Å². The monoisotopic (exact) mass is 197 g/mol. The molecule has 0 aromatic heterocycles. The van der Waals surface area contributed by atoms with Gasteiger partial charge in [-0.05, 0) is 36.8 Å². The van der Waals surface area contributed by atoms with Gasteiger partial charge in [0, 0.05) is 18.4 Å². The number of nitrogens with zero attached hydrogens (tertiary/aromatic N) is 1. The van der Waals surface area contributed by atoms with Gasteiger partial charge in [0.15, 0.2) is 0 Å². The zero-order valence-electron chi connectivity index (χ0n) is 9.14. The van der Waals surface area contributed by atoms with Crippen LogP contribution in [0.4, 0.5) is 11.4 Å². The molecule has 0 aliphatic carbocycles. The van der Waals surface area contributed by atoms with Crippen LogP contribution >= 0.6 is 0 Å². The van der Waals surface area contributed by atoms with E-state index in [4.69, 9.17) is 0 Å². The third kappa shape index (κ3) is 2.18. The van der Waals surface area contributed by atoms with E-state index in [9.17, 15) is 0 Å². The molecule has 0 aliphatic rings. The lowest BCUT2D eigenvalue weighted by Gasteiger charge is -2.19. The van der Waals surface area contributed by atoms with E-state index in [-0.39, 0.29) is 0 Å². The Hall–Kier alpha value is -1.76. The zero-order chi connectivity index (χ0) is 10.7. The first-order valence-electron chi connectivity index (χ1n) is 5.13. The third-order valence-corrected chi connectivity index (χ3v) is 2.53. The third-order valence-electron chi connectivity index (χ3n) is 2.53. The summed E-state index contributed by atoms with van der Waals surface area (Å²) in [6.45, 7) is 2.11. The van der Waals surface area contributed by atoms with Crippen LogP contribution in [0.3, 0.4) is 0 Å². The number of hydrogen-bond donors (Lipinski definition) is 0. The molecule has 0 atom stereocenters. The van der Waals surface area contributed by atoms with Crippen molar-refractivity contribution in [3.05, 3.63) is 60.2 Å². The average molecular weight is 197 g/mol. The summed E-state index contributed by atoms with van der Waals surface area (Å²) in [7, 11) is 2.09. The van der Waals surface area contributed by atoms with Crippen molar-refractivity contribution in [1.29, 1.82) is 0 Å². The number of hydrogen-bond acceptors (Lipinski definition) is 1. The van der Waals surface area contributed by atoms with Crippen LogP contribution in [0, 0.1) is 6.92 Å². The van der Waals surface area contributed by atoms with Gasteiger partial charge < -0.3 is 4.90 Å². The number of aryl methyl sites for hydroxylation is 1. The van der Waals surface area contributed by atoms with Gasteiger partial charge in [0.2, 0.25) is 0 Å². The van der Waals surface area contributed by atoms with E-state index < -0.39 is 0 Å². The Kier molecular flexibility index (Phi) is 2.72. The van der Waals surface area contributed by atoms with E-state index in [0.717, 1.165) is 0 Å². The van der Waals surface area contributed by atoms with Gasteiger partial charge in [0.1, 0.15) is 0 Å². The maximum Gasteiger partial charge on any atom is 0.0410 e. The molecule has 0 saturated heterocycles. The fourth-order valence-electron chi connectivity index (χ4n) is 1.64. The Bertz CT molecular complexity index is 434. The lowest BCUT2D eigenvalue weighted by atomic mass is 10.2. The van der Waals surface area contributed by atoms with Crippen LogP contribution in [0.25, 0.3) is 0 Å². The van der Waals surface area contributed by atoms with Gasteiger partial charge >= 0.3 is 0 Å². The fraction of sp³-hybridized carbons (Fsp3) is 0.143. The van der Waals surface area contributed by atoms with Crippen molar-refractivity contribution in [3.63, 3.8) is 0 Å². The molecule has 0 bridgehead atoms. The summed E-state index contributed by atoms with van der Waals surface area (Å²) in [5.41, 5.74) is 3.72. The molecule has 0 spiro atoms. The van der Waals surface area contributed by atoms with Crippen LogP contribution in [0.15, 0.2) is 54.6 Å². The van der Waals surface area contributed by atoms with Gasteiger partial charge in [-0.2, -0.15) is 0 Å². The predicted molar refractivity (Wildman–Crippen MR) is 65.7 cm³/mol. The molecular formula is C14H15N. The van der Waals surface area contributed by atoms with Crippen LogP contribution < -0.4 is 4.90 Å². The molecule has 0 fully saturated rings. The highest BCUT2D eigenvalue weighted by Gasteiger charge is 2.01. The first kappa shape index (κ1) is 9.78. The van der Waals surface area contributed by atoms with Crippen molar-refractivity contribution in [2.24, 2.45) is 0 Å². The van der Waals surface area contributed by atoms with Crippen LogP contribution in [-0.2, 0) is 0 Å². The molecule has 0 aliphatic heterocycles. The Morgan fingerprint density at radius 2 is 1.47 bits per heavy atom. The Morgan fingerprint density at radius 3 is 2.13 bits per heavy atom. The van der Waals surface area contributed by atoms with Crippen molar-refractivity contribution in [2.45, 2.75) is 6.92 Å². The lowest BCUT2D eigenvalue weighted by molar-refractivity contribution is 1.20. The molecule has 1 heteroatoms. The number of rotatable bonds is 2. The minimum Gasteiger partial charge on any atom is -0.345 e. The Balaban J connectivity index is 2.32. The summed E-state index contributed by atoms with van der Waals surface area (Å²) < 4.78 is 0. The smallest absolute Gasteiger partial charge is 0.0410 e. The lowest BCUT2D eigenvalue weighted by Crippen LogP contribution is -2.08. The van der Waals surface area contributed by atoms with Crippen molar-refractivity contribution < 1.29 is 0 Å². The van der Waals surface area contributed by atoms with Crippen molar-refractivity contribution in [2.75, 3.05) is 11.9 Å². The summed E-state index contributed by atoms with van der Waals surface area (Å²) in [6.07, 6.45) is 0. The van der Waals surface area contributed by atoms with E-state index in [1.54, 1.807) is 0 Å². The normalized spacial score (nSPS) is 10.0. The standard InChI is InChI=1S/C14H15N/c1-12-7-6-10-14(11-12)15(2)13-8-4-3-5-9-13/h3-11H,1-2H3. The van der Waals surface area contributed by atoms with Crippen LogP contribution in [0.1, 0.15) is 5.56 Å². The molecule has 2 aromatic carbocycles. The number of benzene rings is 2. The predicted octanol–water partition coefficient (Wildman–Crippen LogP) is 3.76. The van der Waals surface area contributed by atoms with Gasteiger partial charge in [-0.1, -0.05) is 30.3 Å². The highest BCUT2D eigenvalue weighted by atomic mass is 15.1. The van der Waals surface area contributed by atoms with E-state index >= 15 is 0 Å². The second-order valence-electron chi connectivity index (χ2n) is 3.73. The SMILES string of the molecule is Cc1cccc(N(C)c2ccccc2)c1. The molecule has 1 nitrogen and oxygen atoms in total. The maximum absolute atomic E-state index is 2.19. The summed E-state index contributed by atoms with van der Waals surface area (Å²) in [4.78, 5) is 2.19. The van der Waals surface area contributed by atoms with Crippen LogP contribution in [0.5, 0.6) is 0 Å². The van der Waals surface area contributed by atoms with E-state index in [1.807, 2.05) is 6.07 Å². The molecule has 0 N–H and O–H groups in total. The molecule has 0 heterocycles. The molecule has 15 heavy (non-hydrogen) atoms. The molecule has 2 aromatic rings. The fourth-order valence-corrected chi connectivity index (χ4v) is 1.64. The van der Waals surface area contributed by atoms with E-state index in [1.165, 1.54) is 16.9 Å². The molecule has 0 radical (unpaired) electrons. The zero-order valence-corrected chi connectivity index (χ0v) is 9.14. The van der Waals surface area contributed by atoms with Gasteiger partial charge in [0.05, 0.1) is 0 Å². The molecule has 0 amide bonds. The largest absolute Gasteiger partial charge is 0.345 e. The van der Waals surface area contributed by atoms with Crippen LogP contribution in [-0.4, -0.2) is 7.05 Å². The first-order chi connectivity index (χ1) is 7.27. The average Bonchev–Trinajstić information content (AvgIpc) is 2.29. The maximum atomic E-state index is 2.19. The minimum atomic E-state index is 1.21. The van der Waals surface area contributed by atoms with Gasteiger partial charge in [-0.25, -0.2) is 0 Å². The molecule has 0 saturated carbocycles. The Morgan fingerprint density at radius 1 is 0.800 bits per heavy atom. The van der Waals surface area contributed by atoms with Gasteiger partial charge in [-0.3, -0.25) is 0 Å². The second kappa shape index (κ2) is 4.18. The summed E-state index contributed by atoms with van der Waals surface area (Å²) >= 11 is 0. The quantitative estimate of drug-likeness (QED) is 0.708. The van der Waals surface area contributed by atoms with Crippen LogP contribution in [0.2, 0.25) is 0 Å². The topological polar surface area (TPSA) is 3.24 Å². The summed E-state index contributed by atoms with van der Waals surface area (Å²) in [5.74, 6) is 0. The van der Waals surface area contributed by atoms with Crippen molar-refractivity contribution in [1.82, 2.24) is 0 Å².